The summed E-state index contributed by atoms with van der Waals surface area (Å²) in [5.74, 6) is 1.86. The van der Waals surface area contributed by atoms with E-state index in [-0.39, 0.29) is 5.91 Å². The fourth-order valence-electron chi connectivity index (χ4n) is 3.47. The van der Waals surface area contributed by atoms with Gasteiger partial charge in [-0.1, -0.05) is 49.7 Å². The summed E-state index contributed by atoms with van der Waals surface area (Å²) in [6, 6.07) is 8.33. The molecular weight excluding hydrogens is 344 g/mol. The van der Waals surface area contributed by atoms with Gasteiger partial charge < -0.3 is 10.2 Å². The molecule has 6 heteroatoms. The van der Waals surface area contributed by atoms with Crippen LogP contribution in [0.25, 0.3) is 10.9 Å². The van der Waals surface area contributed by atoms with Crippen LogP contribution in [0.15, 0.2) is 29.3 Å². The fourth-order valence-corrected chi connectivity index (χ4v) is 4.32. The first-order chi connectivity index (χ1) is 12.5. The number of nitrogens with one attached hydrogen (secondary N) is 1. The van der Waals surface area contributed by atoms with Gasteiger partial charge in [0.25, 0.3) is 0 Å². The molecule has 1 aliphatic carbocycles. The van der Waals surface area contributed by atoms with Gasteiger partial charge in [-0.05, 0) is 38.9 Å². The molecule has 1 aromatic heterocycles. The molecule has 0 radical (unpaired) electrons. The summed E-state index contributed by atoms with van der Waals surface area (Å²) in [5, 5.41) is 5.12. The molecular formula is C20H28N4OS. The van der Waals surface area contributed by atoms with Crippen LogP contribution in [0.3, 0.4) is 0 Å². The maximum Gasteiger partial charge on any atom is 0.230 e. The zero-order valence-electron chi connectivity index (χ0n) is 15.9. The van der Waals surface area contributed by atoms with Crippen LogP contribution in [0.4, 0.5) is 0 Å². The average Bonchev–Trinajstić information content (AvgIpc) is 2.61. The van der Waals surface area contributed by atoms with Gasteiger partial charge in [0.2, 0.25) is 5.91 Å². The SMILES string of the molecule is C[C@@H]1CCCC[C@H]1NC(=O)CSc1nc(CN(C)C)nc2ccccc12. The van der Waals surface area contributed by atoms with Crippen LogP contribution in [0.5, 0.6) is 0 Å². The minimum absolute atomic E-state index is 0.102. The number of fused-ring (bicyclic) bond motifs is 1. The van der Waals surface area contributed by atoms with Crippen LogP contribution >= 0.6 is 11.8 Å². The molecule has 1 saturated carbocycles. The molecule has 140 valence electrons. The third-order valence-corrected chi connectivity index (χ3v) is 5.86. The molecule has 0 spiro atoms. The van der Waals surface area contributed by atoms with Gasteiger partial charge >= 0.3 is 0 Å². The summed E-state index contributed by atoms with van der Waals surface area (Å²) < 4.78 is 0. The lowest BCUT2D eigenvalue weighted by Crippen LogP contribution is -2.41. The van der Waals surface area contributed by atoms with E-state index in [1.807, 2.05) is 38.4 Å². The molecule has 0 bridgehead atoms. The molecule has 3 rings (SSSR count). The molecule has 1 fully saturated rings. The van der Waals surface area contributed by atoms with Gasteiger partial charge in [0.1, 0.15) is 10.9 Å². The maximum atomic E-state index is 12.4. The maximum absolute atomic E-state index is 12.4. The Morgan fingerprint density at radius 2 is 2.00 bits per heavy atom. The normalized spacial score (nSPS) is 20.5. The standard InChI is InChI=1S/C20H28N4OS/c1-14-8-4-6-10-16(14)22-19(25)13-26-20-15-9-5-7-11-17(15)21-18(23-20)12-24(2)3/h5,7,9,11,14,16H,4,6,8,10,12-13H2,1-3H3,(H,22,25)/t14-,16-/m1/s1. The van der Waals surface area contributed by atoms with Crippen molar-refractivity contribution in [1.82, 2.24) is 20.2 Å². The number of carbonyl (C=O) groups is 1. The lowest BCUT2D eigenvalue weighted by molar-refractivity contribution is -0.119. The van der Waals surface area contributed by atoms with Crippen LogP contribution in [-0.2, 0) is 11.3 Å². The number of hydrogen-bond acceptors (Lipinski definition) is 5. The number of aromatic nitrogens is 2. The molecule has 0 saturated heterocycles. The number of amides is 1. The number of thioether (sulfide) groups is 1. The zero-order chi connectivity index (χ0) is 18.5. The van der Waals surface area contributed by atoms with Crippen molar-refractivity contribution in [3.05, 3.63) is 30.1 Å². The molecule has 1 aromatic carbocycles. The molecule has 1 N–H and O–H groups in total. The van der Waals surface area contributed by atoms with E-state index in [2.05, 4.69) is 22.1 Å². The minimum Gasteiger partial charge on any atom is -0.352 e. The van der Waals surface area contributed by atoms with Crippen LogP contribution in [0, 0.1) is 5.92 Å². The fraction of sp³-hybridized carbons (Fsp3) is 0.550. The number of para-hydroxylation sites is 1. The smallest absolute Gasteiger partial charge is 0.230 e. The molecule has 1 aliphatic rings. The van der Waals surface area contributed by atoms with E-state index in [1.54, 1.807) is 0 Å². The summed E-state index contributed by atoms with van der Waals surface area (Å²) >= 11 is 1.51. The Bertz CT molecular complexity index is 765. The van der Waals surface area contributed by atoms with Crippen molar-refractivity contribution in [2.75, 3.05) is 19.8 Å². The predicted molar refractivity (Wildman–Crippen MR) is 107 cm³/mol. The van der Waals surface area contributed by atoms with Crippen molar-refractivity contribution in [1.29, 1.82) is 0 Å². The number of benzene rings is 1. The highest BCUT2D eigenvalue weighted by atomic mass is 32.2. The topological polar surface area (TPSA) is 58.1 Å². The van der Waals surface area contributed by atoms with Crippen LogP contribution in [0.2, 0.25) is 0 Å². The van der Waals surface area contributed by atoms with Crippen molar-refractivity contribution in [2.45, 2.75) is 50.2 Å². The van der Waals surface area contributed by atoms with Crippen LogP contribution in [0.1, 0.15) is 38.4 Å². The lowest BCUT2D eigenvalue weighted by Gasteiger charge is -2.29. The number of nitrogens with zero attached hydrogens (tertiary/aromatic N) is 3. The molecule has 5 nitrogen and oxygen atoms in total. The first kappa shape index (κ1) is 19.1. The summed E-state index contributed by atoms with van der Waals surface area (Å²) in [6.45, 7) is 2.92. The first-order valence-electron chi connectivity index (χ1n) is 9.35. The van der Waals surface area contributed by atoms with Gasteiger partial charge in [0.15, 0.2) is 0 Å². The van der Waals surface area contributed by atoms with Gasteiger partial charge in [-0.3, -0.25) is 4.79 Å². The van der Waals surface area contributed by atoms with E-state index in [9.17, 15) is 4.79 Å². The molecule has 0 aliphatic heterocycles. The lowest BCUT2D eigenvalue weighted by atomic mass is 9.86. The van der Waals surface area contributed by atoms with E-state index >= 15 is 0 Å². The van der Waals surface area contributed by atoms with Gasteiger partial charge in [0.05, 0.1) is 17.8 Å². The second-order valence-corrected chi connectivity index (χ2v) is 8.39. The van der Waals surface area contributed by atoms with E-state index in [0.717, 1.165) is 28.2 Å². The Kier molecular flexibility index (Phi) is 6.48. The summed E-state index contributed by atoms with van der Waals surface area (Å²) in [7, 11) is 4.01. The number of hydrogen-bond donors (Lipinski definition) is 1. The number of carbonyl (C=O) groups excluding carboxylic acids is 1. The van der Waals surface area contributed by atoms with E-state index in [4.69, 9.17) is 4.98 Å². The van der Waals surface area contributed by atoms with Crippen molar-refractivity contribution in [3.8, 4) is 0 Å². The van der Waals surface area contributed by atoms with Gasteiger partial charge in [-0.2, -0.15) is 0 Å². The monoisotopic (exact) mass is 372 g/mol. The highest BCUT2D eigenvalue weighted by Gasteiger charge is 2.23. The van der Waals surface area contributed by atoms with Gasteiger partial charge in [-0.15, -0.1) is 0 Å². The molecule has 26 heavy (non-hydrogen) atoms. The van der Waals surface area contributed by atoms with E-state index < -0.39 is 0 Å². The Balaban J connectivity index is 1.70. The van der Waals surface area contributed by atoms with Crippen molar-refractivity contribution < 1.29 is 4.79 Å². The Labute approximate surface area is 160 Å². The Hall–Kier alpha value is -1.66. The van der Waals surface area contributed by atoms with Crippen molar-refractivity contribution in [3.63, 3.8) is 0 Å². The Morgan fingerprint density at radius 1 is 1.23 bits per heavy atom. The predicted octanol–water partition coefficient (Wildman–Crippen LogP) is 3.48. The molecule has 0 unspecified atom stereocenters. The van der Waals surface area contributed by atoms with E-state index in [1.165, 1.54) is 31.0 Å². The minimum atomic E-state index is 0.102. The molecule has 1 amide bonds. The van der Waals surface area contributed by atoms with Gasteiger partial charge in [-0.25, -0.2) is 9.97 Å². The van der Waals surface area contributed by atoms with E-state index in [0.29, 0.717) is 24.3 Å². The summed E-state index contributed by atoms with van der Waals surface area (Å²) in [6.07, 6.45) is 4.81. The number of rotatable bonds is 6. The first-order valence-corrected chi connectivity index (χ1v) is 10.3. The van der Waals surface area contributed by atoms with Crippen LogP contribution in [-0.4, -0.2) is 46.7 Å². The second-order valence-electron chi connectivity index (χ2n) is 7.42. The van der Waals surface area contributed by atoms with Crippen molar-refractivity contribution in [2.24, 2.45) is 5.92 Å². The largest absolute Gasteiger partial charge is 0.352 e. The summed E-state index contributed by atoms with van der Waals surface area (Å²) in [4.78, 5) is 23.8. The van der Waals surface area contributed by atoms with Crippen molar-refractivity contribution >= 4 is 28.6 Å². The average molecular weight is 373 g/mol. The molecule has 2 atom stereocenters. The Morgan fingerprint density at radius 3 is 2.77 bits per heavy atom. The zero-order valence-corrected chi connectivity index (χ0v) is 16.7. The quantitative estimate of drug-likeness (QED) is 0.621. The second kappa shape index (κ2) is 8.82. The third-order valence-electron chi connectivity index (χ3n) is 4.87. The molecule has 1 heterocycles. The molecule has 2 aromatic rings. The highest BCUT2D eigenvalue weighted by molar-refractivity contribution is 8.00. The third kappa shape index (κ3) is 4.95. The summed E-state index contributed by atoms with van der Waals surface area (Å²) in [5.41, 5.74) is 0.933. The van der Waals surface area contributed by atoms with Crippen LogP contribution < -0.4 is 5.32 Å². The highest BCUT2D eigenvalue weighted by Crippen LogP contribution is 2.26. The van der Waals surface area contributed by atoms with Gasteiger partial charge in [0, 0.05) is 11.4 Å².